The fourth-order valence-corrected chi connectivity index (χ4v) is 2.38. The number of rotatable bonds is 2. The average Bonchev–Trinajstić information content (AvgIpc) is 2.76. The standard InChI is InChI=1S/C12H14N2O2/c1-15-9-3-10(16-2)12-11-7(5-14-12)4-13-6-8(9)11/h3,5,13-14H,4,6H2,1-2H3. The quantitative estimate of drug-likeness (QED) is 0.807. The lowest BCUT2D eigenvalue weighted by molar-refractivity contribution is 0.392. The Balaban J connectivity index is 2.40. The molecule has 1 aromatic heterocycles. The van der Waals surface area contributed by atoms with Gasteiger partial charge in [-0.25, -0.2) is 0 Å². The summed E-state index contributed by atoms with van der Waals surface area (Å²) in [5.41, 5.74) is 3.55. The zero-order valence-electron chi connectivity index (χ0n) is 9.39. The second-order valence-electron chi connectivity index (χ2n) is 3.93. The Kier molecular flexibility index (Phi) is 2.04. The van der Waals surface area contributed by atoms with Crippen LogP contribution in [0.1, 0.15) is 11.1 Å². The molecule has 2 heterocycles. The van der Waals surface area contributed by atoms with Gasteiger partial charge in [-0.3, -0.25) is 0 Å². The molecule has 0 aliphatic carbocycles. The number of aromatic nitrogens is 1. The van der Waals surface area contributed by atoms with Gasteiger partial charge in [0.15, 0.2) is 0 Å². The summed E-state index contributed by atoms with van der Waals surface area (Å²) >= 11 is 0. The van der Waals surface area contributed by atoms with Crippen molar-refractivity contribution in [2.75, 3.05) is 14.2 Å². The van der Waals surface area contributed by atoms with Gasteiger partial charge in [0.25, 0.3) is 0 Å². The van der Waals surface area contributed by atoms with Gasteiger partial charge in [0, 0.05) is 36.3 Å². The first-order chi connectivity index (χ1) is 7.85. The predicted octanol–water partition coefficient (Wildman–Crippen LogP) is 1.79. The number of benzene rings is 1. The number of ether oxygens (including phenoxy) is 2. The van der Waals surface area contributed by atoms with Crippen molar-refractivity contribution >= 4 is 10.9 Å². The first kappa shape index (κ1) is 9.54. The maximum atomic E-state index is 5.41. The van der Waals surface area contributed by atoms with Crippen LogP contribution in [0.25, 0.3) is 10.9 Å². The van der Waals surface area contributed by atoms with Crippen LogP contribution in [0.15, 0.2) is 12.3 Å². The lowest BCUT2D eigenvalue weighted by Gasteiger charge is -2.18. The van der Waals surface area contributed by atoms with E-state index in [0.717, 1.165) is 30.1 Å². The van der Waals surface area contributed by atoms with Crippen LogP contribution in [0.5, 0.6) is 11.5 Å². The van der Waals surface area contributed by atoms with E-state index in [1.165, 1.54) is 16.5 Å². The molecule has 1 aliphatic heterocycles. The third-order valence-corrected chi connectivity index (χ3v) is 3.13. The second kappa shape index (κ2) is 3.42. The predicted molar refractivity (Wildman–Crippen MR) is 61.9 cm³/mol. The van der Waals surface area contributed by atoms with Crippen molar-refractivity contribution < 1.29 is 9.47 Å². The Hall–Kier alpha value is -1.68. The molecular weight excluding hydrogens is 204 g/mol. The van der Waals surface area contributed by atoms with Gasteiger partial charge in [0.1, 0.15) is 11.5 Å². The molecule has 84 valence electrons. The van der Waals surface area contributed by atoms with E-state index in [1.807, 2.05) is 12.3 Å². The van der Waals surface area contributed by atoms with Gasteiger partial charge >= 0.3 is 0 Å². The highest BCUT2D eigenvalue weighted by Gasteiger charge is 2.20. The molecule has 0 fully saturated rings. The minimum atomic E-state index is 0.837. The van der Waals surface area contributed by atoms with E-state index >= 15 is 0 Å². The van der Waals surface area contributed by atoms with Gasteiger partial charge in [-0.2, -0.15) is 0 Å². The lowest BCUT2D eigenvalue weighted by atomic mass is 10.0. The summed E-state index contributed by atoms with van der Waals surface area (Å²) in [7, 11) is 3.37. The molecule has 4 nitrogen and oxygen atoms in total. The molecule has 4 heteroatoms. The van der Waals surface area contributed by atoms with E-state index in [9.17, 15) is 0 Å². The summed E-state index contributed by atoms with van der Waals surface area (Å²) in [6, 6.07) is 1.94. The first-order valence-corrected chi connectivity index (χ1v) is 5.29. The van der Waals surface area contributed by atoms with Gasteiger partial charge < -0.3 is 19.8 Å². The first-order valence-electron chi connectivity index (χ1n) is 5.29. The maximum Gasteiger partial charge on any atom is 0.146 e. The highest BCUT2D eigenvalue weighted by molar-refractivity contribution is 5.94. The van der Waals surface area contributed by atoms with Crippen LogP contribution in [-0.4, -0.2) is 19.2 Å². The third-order valence-electron chi connectivity index (χ3n) is 3.13. The molecule has 0 radical (unpaired) electrons. The molecule has 1 aromatic carbocycles. The fourth-order valence-electron chi connectivity index (χ4n) is 2.38. The molecule has 0 bridgehead atoms. The molecule has 0 amide bonds. The topological polar surface area (TPSA) is 46.3 Å². The molecule has 0 saturated heterocycles. The van der Waals surface area contributed by atoms with E-state index in [2.05, 4.69) is 10.3 Å². The Labute approximate surface area is 93.6 Å². The van der Waals surface area contributed by atoms with Crippen molar-refractivity contribution in [1.29, 1.82) is 0 Å². The molecule has 3 rings (SSSR count). The van der Waals surface area contributed by atoms with Crippen LogP contribution < -0.4 is 14.8 Å². The van der Waals surface area contributed by atoms with Crippen LogP contribution in [0, 0.1) is 0 Å². The number of H-pyrrole nitrogens is 1. The molecule has 0 unspecified atom stereocenters. The largest absolute Gasteiger partial charge is 0.496 e. The number of nitrogens with one attached hydrogen (secondary N) is 2. The number of hydrogen-bond donors (Lipinski definition) is 2. The normalized spacial score (nSPS) is 14.1. The van der Waals surface area contributed by atoms with Crippen LogP contribution in [0.3, 0.4) is 0 Å². The van der Waals surface area contributed by atoms with E-state index in [4.69, 9.17) is 9.47 Å². The zero-order chi connectivity index (χ0) is 11.1. The highest BCUT2D eigenvalue weighted by Crippen LogP contribution is 2.38. The average molecular weight is 218 g/mol. The van der Waals surface area contributed by atoms with E-state index in [1.54, 1.807) is 14.2 Å². The molecule has 0 atom stereocenters. The number of hydrogen-bond acceptors (Lipinski definition) is 3. The second-order valence-corrected chi connectivity index (χ2v) is 3.93. The summed E-state index contributed by atoms with van der Waals surface area (Å²) in [6.45, 7) is 1.73. The molecule has 16 heavy (non-hydrogen) atoms. The van der Waals surface area contributed by atoms with Crippen molar-refractivity contribution in [1.82, 2.24) is 10.3 Å². The molecular formula is C12H14N2O2. The number of aromatic amines is 1. The van der Waals surface area contributed by atoms with Gasteiger partial charge in [-0.1, -0.05) is 0 Å². The summed E-state index contributed by atoms with van der Waals surface area (Å²) in [5, 5.41) is 4.60. The third kappa shape index (κ3) is 1.13. The molecule has 2 aromatic rings. The Morgan fingerprint density at radius 1 is 1.12 bits per heavy atom. The minimum absolute atomic E-state index is 0.837. The Bertz CT molecular complexity index is 545. The monoisotopic (exact) mass is 218 g/mol. The van der Waals surface area contributed by atoms with Crippen molar-refractivity contribution in [2.24, 2.45) is 0 Å². The van der Waals surface area contributed by atoms with Gasteiger partial charge in [0.2, 0.25) is 0 Å². The van der Waals surface area contributed by atoms with Crippen LogP contribution in [0.2, 0.25) is 0 Å². The molecule has 0 saturated carbocycles. The van der Waals surface area contributed by atoms with Crippen LogP contribution in [-0.2, 0) is 13.1 Å². The van der Waals surface area contributed by atoms with Crippen LogP contribution in [0.4, 0.5) is 0 Å². The zero-order valence-corrected chi connectivity index (χ0v) is 9.39. The molecule has 0 spiro atoms. The van der Waals surface area contributed by atoms with Gasteiger partial charge in [0.05, 0.1) is 19.7 Å². The SMILES string of the molecule is COc1cc(OC)c2[nH]cc3c2c1CNC3. The Morgan fingerprint density at radius 2 is 1.94 bits per heavy atom. The van der Waals surface area contributed by atoms with Crippen molar-refractivity contribution in [3.05, 3.63) is 23.4 Å². The smallest absolute Gasteiger partial charge is 0.146 e. The molecule has 1 aliphatic rings. The van der Waals surface area contributed by atoms with E-state index in [-0.39, 0.29) is 0 Å². The van der Waals surface area contributed by atoms with Gasteiger partial charge in [-0.05, 0) is 5.56 Å². The van der Waals surface area contributed by atoms with Crippen molar-refractivity contribution in [3.63, 3.8) is 0 Å². The summed E-state index contributed by atoms with van der Waals surface area (Å²) < 4.78 is 10.8. The fraction of sp³-hybridized carbons (Fsp3) is 0.333. The van der Waals surface area contributed by atoms with Gasteiger partial charge in [-0.15, -0.1) is 0 Å². The summed E-state index contributed by atoms with van der Waals surface area (Å²) in [6.07, 6.45) is 2.03. The van der Waals surface area contributed by atoms with E-state index in [0.29, 0.717) is 0 Å². The number of methoxy groups -OCH3 is 2. The lowest BCUT2D eigenvalue weighted by Crippen LogP contribution is -2.18. The summed E-state index contributed by atoms with van der Waals surface area (Å²) in [4.78, 5) is 3.27. The minimum Gasteiger partial charge on any atom is -0.496 e. The Morgan fingerprint density at radius 3 is 2.69 bits per heavy atom. The molecule has 2 N–H and O–H groups in total. The van der Waals surface area contributed by atoms with Crippen molar-refractivity contribution in [2.45, 2.75) is 13.1 Å². The maximum absolute atomic E-state index is 5.41. The van der Waals surface area contributed by atoms with Crippen molar-refractivity contribution in [3.8, 4) is 11.5 Å². The summed E-state index contributed by atoms with van der Waals surface area (Å²) in [5.74, 6) is 1.72. The van der Waals surface area contributed by atoms with E-state index < -0.39 is 0 Å². The highest BCUT2D eigenvalue weighted by atomic mass is 16.5. The van der Waals surface area contributed by atoms with Crippen LogP contribution >= 0.6 is 0 Å².